The average molecular weight is 382 g/mol. The minimum atomic E-state index is -0.267. The number of carbonyl (C=O) groups is 1. The Hall–Kier alpha value is -3.25. The van der Waals surface area contributed by atoms with E-state index in [9.17, 15) is 4.79 Å². The first kappa shape index (κ1) is 17.2. The summed E-state index contributed by atoms with van der Waals surface area (Å²) in [5, 5.41) is 9.75. The van der Waals surface area contributed by atoms with Gasteiger partial charge in [0.25, 0.3) is 5.91 Å². The van der Waals surface area contributed by atoms with Gasteiger partial charge in [0.15, 0.2) is 11.5 Å². The fraction of sp³-hybridized carbons (Fsp3) is 0.100. The summed E-state index contributed by atoms with van der Waals surface area (Å²) in [5.41, 5.74) is 3.97. The molecule has 6 nitrogen and oxygen atoms in total. The first-order valence-corrected chi connectivity index (χ1v) is 8.70. The van der Waals surface area contributed by atoms with Crippen LogP contribution in [0.25, 0.3) is 10.8 Å². The molecule has 3 aromatic carbocycles. The third-order valence-electron chi connectivity index (χ3n) is 4.09. The number of ether oxygens (including phenoxy) is 2. The van der Waals surface area contributed by atoms with Crippen molar-refractivity contribution in [1.82, 2.24) is 5.43 Å². The van der Waals surface area contributed by atoms with Crippen LogP contribution in [0.1, 0.15) is 5.56 Å². The number of benzene rings is 3. The van der Waals surface area contributed by atoms with E-state index in [1.165, 1.54) is 6.21 Å². The topological polar surface area (TPSA) is 72.0 Å². The molecule has 0 unspecified atom stereocenters. The van der Waals surface area contributed by atoms with Gasteiger partial charge in [-0.1, -0.05) is 41.9 Å². The molecular formula is C20H16ClN3O3. The average Bonchev–Trinajstić information content (AvgIpc) is 3.13. The molecule has 1 heterocycles. The highest BCUT2D eigenvalue weighted by atomic mass is 35.5. The lowest BCUT2D eigenvalue weighted by molar-refractivity contribution is -0.119. The number of rotatable bonds is 5. The molecular weight excluding hydrogens is 366 g/mol. The lowest BCUT2D eigenvalue weighted by atomic mass is 10.1. The molecule has 136 valence electrons. The van der Waals surface area contributed by atoms with Crippen molar-refractivity contribution in [2.75, 3.05) is 18.7 Å². The van der Waals surface area contributed by atoms with Crippen molar-refractivity contribution < 1.29 is 14.3 Å². The molecule has 0 bridgehead atoms. The van der Waals surface area contributed by atoms with Gasteiger partial charge in [0.1, 0.15) is 0 Å². The Balaban J connectivity index is 1.33. The predicted octanol–water partition coefficient (Wildman–Crippen LogP) is 3.78. The van der Waals surface area contributed by atoms with Crippen LogP contribution in [-0.4, -0.2) is 25.5 Å². The van der Waals surface area contributed by atoms with Crippen LogP contribution in [0.4, 0.5) is 5.69 Å². The lowest BCUT2D eigenvalue weighted by Gasteiger charge is -2.07. The van der Waals surface area contributed by atoms with Crippen molar-refractivity contribution in [3.8, 4) is 11.5 Å². The molecule has 1 aliphatic heterocycles. The van der Waals surface area contributed by atoms with Crippen LogP contribution in [0, 0.1) is 0 Å². The highest BCUT2D eigenvalue weighted by molar-refractivity contribution is 6.33. The molecule has 27 heavy (non-hydrogen) atoms. The van der Waals surface area contributed by atoms with E-state index in [2.05, 4.69) is 15.8 Å². The number of nitrogens with one attached hydrogen (secondary N) is 2. The van der Waals surface area contributed by atoms with Crippen molar-refractivity contribution in [3.63, 3.8) is 0 Å². The van der Waals surface area contributed by atoms with Crippen LogP contribution in [0.2, 0.25) is 5.02 Å². The Bertz CT molecular complexity index is 1040. The van der Waals surface area contributed by atoms with E-state index >= 15 is 0 Å². The SMILES string of the molecule is O=C(CNc1ccc2ccccc2c1)NN=Cc1cc2c(cc1Cl)OCO2. The predicted molar refractivity (Wildman–Crippen MR) is 106 cm³/mol. The van der Waals surface area contributed by atoms with Crippen molar-refractivity contribution in [3.05, 3.63) is 65.2 Å². The molecule has 1 aliphatic rings. The van der Waals surface area contributed by atoms with Gasteiger partial charge in [-0.3, -0.25) is 4.79 Å². The smallest absolute Gasteiger partial charge is 0.259 e. The summed E-state index contributed by atoms with van der Waals surface area (Å²) in [6, 6.07) is 17.4. The van der Waals surface area contributed by atoms with Crippen LogP contribution in [0.5, 0.6) is 11.5 Å². The summed E-state index contributed by atoms with van der Waals surface area (Å²) in [4.78, 5) is 12.0. The number of carbonyl (C=O) groups excluding carboxylic acids is 1. The third kappa shape index (κ3) is 3.96. The number of hydrogen-bond donors (Lipinski definition) is 2. The zero-order valence-corrected chi connectivity index (χ0v) is 15.0. The maximum absolute atomic E-state index is 12.0. The van der Waals surface area contributed by atoms with Gasteiger partial charge in [0, 0.05) is 17.3 Å². The van der Waals surface area contributed by atoms with Crippen LogP contribution in [0.15, 0.2) is 59.7 Å². The first-order valence-electron chi connectivity index (χ1n) is 8.33. The molecule has 0 aromatic heterocycles. The van der Waals surface area contributed by atoms with E-state index in [1.54, 1.807) is 12.1 Å². The summed E-state index contributed by atoms with van der Waals surface area (Å²) in [7, 11) is 0. The molecule has 0 saturated carbocycles. The van der Waals surface area contributed by atoms with E-state index in [0.29, 0.717) is 22.1 Å². The molecule has 4 rings (SSSR count). The summed E-state index contributed by atoms with van der Waals surface area (Å²) in [6.45, 7) is 0.272. The van der Waals surface area contributed by atoms with Crippen molar-refractivity contribution in [2.24, 2.45) is 5.10 Å². The fourth-order valence-corrected chi connectivity index (χ4v) is 2.93. The number of hydrazone groups is 1. The molecule has 2 N–H and O–H groups in total. The second kappa shape index (κ2) is 7.55. The van der Waals surface area contributed by atoms with Crippen molar-refractivity contribution in [2.45, 2.75) is 0 Å². The van der Waals surface area contributed by atoms with Crippen molar-refractivity contribution in [1.29, 1.82) is 0 Å². The van der Waals surface area contributed by atoms with E-state index in [0.717, 1.165) is 16.5 Å². The van der Waals surface area contributed by atoms with Gasteiger partial charge >= 0.3 is 0 Å². The Morgan fingerprint density at radius 2 is 1.85 bits per heavy atom. The van der Waals surface area contributed by atoms with Crippen LogP contribution >= 0.6 is 11.6 Å². The van der Waals surface area contributed by atoms with Crippen LogP contribution in [0.3, 0.4) is 0 Å². The molecule has 7 heteroatoms. The minimum absolute atomic E-state index is 0.102. The fourth-order valence-electron chi connectivity index (χ4n) is 2.73. The highest BCUT2D eigenvalue weighted by Gasteiger charge is 2.15. The summed E-state index contributed by atoms with van der Waals surface area (Å²) < 4.78 is 10.5. The molecule has 0 atom stereocenters. The summed E-state index contributed by atoms with van der Waals surface area (Å²) in [5.74, 6) is 0.933. The lowest BCUT2D eigenvalue weighted by Crippen LogP contribution is -2.25. The molecule has 1 amide bonds. The summed E-state index contributed by atoms with van der Waals surface area (Å²) >= 11 is 6.16. The quantitative estimate of drug-likeness (QED) is 0.521. The molecule has 0 spiro atoms. The Morgan fingerprint density at radius 1 is 1.07 bits per heavy atom. The second-order valence-corrected chi connectivity index (χ2v) is 6.34. The van der Waals surface area contributed by atoms with Gasteiger partial charge in [-0.15, -0.1) is 0 Å². The molecule has 0 radical (unpaired) electrons. The monoisotopic (exact) mass is 381 g/mol. The normalized spacial score (nSPS) is 12.5. The van der Waals surface area contributed by atoms with Gasteiger partial charge in [-0.2, -0.15) is 5.10 Å². The van der Waals surface area contributed by atoms with Gasteiger partial charge in [0.05, 0.1) is 17.8 Å². The molecule has 3 aromatic rings. The standard InChI is InChI=1S/C20H16ClN3O3/c21-17-9-19-18(26-12-27-19)8-15(17)10-23-24-20(25)11-22-16-6-5-13-3-1-2-4-14(13)7-16/h1-10,22H,11-12H2,(H,24,25). The highest BCUT2D eigenvalue weighted by Crippen LogP contribution is 2.36. The Labute approximate surface area is 160 Å². The van der Waals surface area contributed by atoms with Gasteiger partial charge in [0.2, 0.25) is 6.79 Å². The van der Waals surface area contributed by atoms with Crippen LogP contribution < -0.4 is 20.2 Å². The number of nitrogens with zero attached hydrogens (tertiary/aromatic N) is 1. The maximum atomic E-state index is 12.0. The number of fused-ring (bicyclic) bond motifs is 2. The molecule has 0 aliphatic carbocycles. The zero-order chi connectivity index (χ0) is 18.6. The number of amides is 1. The number of halogens is 1. The van der Waals surface area contributed by atoms with Crippen LogP contribution in [-0.2, 0) is 4.79 Å². The minimum Gasteiger partial charge on any atom is -0.454 e. The number of anilines is 1. The summed E-state index contributed by atoms with van der Waals surface area (Å²) in [6.07, 6.45) is 1.47. The molecule has 0 fully saturated rings. The Kier molecular flexibility index (Phi) is 4.80. The zero-order valence-electron chi connectivity index (χ0n) is 14.2. The van der Waals surface area contributed by atoms with Gasteiger partial charge < -0.3 is 14.8 Å². The first-order chi connectivity index (χ1) is 13.2. The van der Waals surface area contributed by atoms with E-state index in [-0.39, 0.29) is 19.2 Å². The van der Waals surface area contributed by atoms with Crippen molar-refractivity contribution >= 4 is 40.2 Å². The largest absolute Gasteiger partial charge is 0.454 e. The van der Waals surface area contributed by atoms with Gasteiger partial charge in [-0.05, 0) is 29.0 Å². The van der Waals surface area contributed by atoms with E-state index < -0.39 is 0 Å². The van der Waals surface area contributed by atoms with Gasteiger partial charge in [-0.25, -0.2) is 5.43 Å². The van der Waals surface area contributed by atoms with E-state index in [4.69, 9.17) is 21.1 Å². The molecule has 0 saturated heterocycles. The Morgan fingerprint density at radius 3 is 2.70 bits per heavy atom. The van der Waals surface area contributed by atoms with E-state index in [1.807, 2.05) is 42.5 Å². The maximum Gasteiger partial charge on any atom is 0.259 e. The number of hydrogen-bond acceptors (Lipinski definition) is 5. The third-order valence-corrected chi connectivity index (χ3v) is 4.41. The second-order valence-electron chi connectivity index (χ2n) is 5.94.